The Morgan fingerprint density at radius 1 is 0.366 bits per heavy atom. The molecule has 1 heterocycles. The largest absolute Gasteiger partial charge is 0.455 e. The first-order valence-corrected chi connectivity index (χ1v) is 13.5. The van der Waals surface area contributed by atoms with Crippen molar-refractivity contribution in [1.82, 2.24) is 0 Å². The van der Waals surface area contributed by atoms with Crippen molar-refractivity contribution in [3.63, 3.8) is 0 Å². The van der Waals surface area contributed by atoms with E-state index in [1.54, 1.807) is 6.07 Å². The summed E-state index contributed by atoms with van der Waals surface area (Å²) in [6.45, 7) is 0. The summed E-state index contributed by atoms with van der Waals surface area (Å²) in [5.41, 5.74) is 2.77. The summed E-state index contributed by atoms with van der Waals surface area (Å²) in [6, 6.07) is 27.8. The van der Waals surface area contributed by atoms with E-state index in [-0.39, 0.29) is 51.3 Å². The lowest BCUT2D eigenvalue weighted by molar-refractivity contribution is 0.674. The van der Waals surface area contributed by atoms with Crippen LogP contribution in [-0.2, 0) is 0 Å². The highest BCUT2D eigenvalue weighted by molar-refractivity contribution is 6.26. The molecule has 41 heavy (non-hydrogen) atoms. The minimum absolute atomic E-state index is 0.157. The van der Waals surface area contributed by atoms with Crippen molar-refractivity contribution in [2.45, 2.75) is 0 Å². The molecule has 0 N–H and O–H groups in total. The Labute approximate surface area is 248 Å². The Kier molecular flexibility index (Phi) is 3.34. The standard InChI is InChI=1S/C40H24O/c1-3-14-27-25(11-1)13-9-20-29(27)37-30-16-5-7-18-32(30)38(33-19-8-6-17-31(33)37)36-22-10-21-34-35-24-23-26-12-2-4-15-28(26)39(35)41-40(34)36/h1-24H/i5D,6D,7D,8D,16D,17D,18D,19D. The van der Waals surface area contributed by atoms with Crippen LogP contribution in [0, 0.1) is 0 Å². The highest BCUT2D eigenvalue weighted by Crippen LogP contribution is 2.47. The van der Waals surface area contributed by atoms with Crippen LogP contribution in [0.25, 0.3) is 87.3 Å². The van der Waals surface area contributed by atoms with Crippen LogP contribution < -0.4 is 0 Å². The van der Waals surface area contributed by atoms with Crippen LogP contribution >= 0.6 is 0 Å². The van der Waals surface area contributed by atoms with Gasteiger partial charge in [0.15, 0.2) is 0 Å². The number of furan rings is 1. The van der Waals surface area contributed by atoms with Gasteiger partial charge in [-0.15, -0.1) is 0 Å². The Balaban J connectivity index is 1.60. The van der Waals surface area contributed by atoms with Gasteiger partial charge in [-0.25, -0.2) is 0 Å². The second kappa shape index (κ2) is 8.55. The van der Waals surface area contributed by atoms with Gasteiger partial charge in [0.25, 0.3) is 0 Å². The first-order chi connectivity index (χ1) is 23.7. The molecule has 0 aliphatic heterocycles. The highest BCUT2D eigenvalue weighted by Gasteiger charge is 2.21. The Bertz CT molecular complexity index is 2840. The third kappa shape index (κ3) is 3.18. The molecule has 190 valence electrons. The molecular formula is C40H24O. The van der Waals surface area contributed by atoms with E-state index in [1.165, 1.54) is 0 Å². The fraction of sp³-hybridized carbons (Fsp3) is 0. The van der Waals surface area contributed by atoms with Gasteiger partial charge in [0.05, 0.1) is 11.0 Å². The number of hydrogen-bond donors (Lipinski definition) is 0. The van der Waals surface area contributed by atoms with Crippen molar-refractivity contribution in [3.8, 4) is 22.3 Å². The van der Waals surface area contributed by atoms with Gasteiger partial charge in [0, 0.05) is 27.3 Å². The lowest BCUT2D eigenvalue weighted by Crippen LogP contribution is -1.91. The smallest absolute Gasteiger partial charge is 0.143 e. The van der Waals surface area contributed by atoms with Gasteiger partial charge in [-0.3, -0.25) is 0 Å². The third-order valence-electron chi connectivity index (χ3n) is 8.09. The van der Waals surface area contributed by atoms with E-state index in [1.807, 2.05) is 91.0 Å². The van der Waals surface area contributed by atoms with Gasteiger partial charge in [-0.2, -0.15) is 0 Å². The molecule has 0 saturated carbocycles. The average Bonchev–Trinajstić information content (AvgIpc) is 3.53. The van der Waals surface area contributed by atoms with Gasteiger partial charge in [-0.05, 0) is 54.9 Å². The molecule has 0 aliphatic carbocycles. The average molecular weight is 529 g/mol. The summed E-state index contributed by atoms with van der Waals surface area (Å²) in [4.78, 5) is 0. The van der Waals surface area contributed by atoms with E-state index in [4.69, 9.17) is 9.90 Å². The molecule has 9 aromatic rings. The van der Waals surface area contributed by atoms with Crippen LogP contribution in [0.4, 0.5) is 0 Å². The number of benzene rings is 8. The molecule has 1 aromatic heterocycles. The summed E-state index contributed by atoms with van der Waals surface area (Å²) in [5.74, 6) is 0. The number of hydrogen-bond acceptors (Lipinski definition) is 1. The van der Waals surface area contributed by atoms with Gasteiger partial charge >= 0.3 is 0 Å². The van der Waals surface area contributed by atoms with E-state index in [0.717, 1.165) is 32.3 Å². The van der Waals surface area contributed by atoms with E-state index >= 15 is 0 Å². The van der Waals surface area contributed by atoms with Crippen LogP contribution in [0.15, 0.2) is 150 Å². The van der Waals surface area contributed by atoms with Crippen LogP contribution in [0.1, 0.15) is 11.0 Å². The molecule has 1 heteroatoms. The van der Waals surface area contributed by atoms with E-state index in [9.17, 15) is 5.48 Å². The van der Waals surface area contributed by atoms with Crippen LogP contribution in [0.5, 0.6) is 0 Å². The zero-order chi connectivity index (χ0) is 33.9. The van der Waals surface area contributed by atoms with Crippen molar-refractivity contribution in [2.75, 3.05) is 0 Å². The monoisotopic (exact) mass is 528 g/mol. The number of rotatable bonds is 2. The van der Waals surface area contributed by atoms with Crippen LogP contribution in [-0.4, -0.2) is 0 Å². The zero-order valence-corrected chi connectivity index (χ0v) is 21.6. The third-order valence-corrected chi connectivity index (χ3v) is 8.09. The first kappa shape index (κ1) is 16.0. The molecule has 0 bridgehead atoms. The first-order valence-electron chi connectivity index (χ1n) is 17.5. The number of fused-ring (bicyclic) bond motifs is 8. The predicted octanol–water partition coefficient (Wildman–Crippen LogP) is 11.5. The van der Waals surface area contributed by atoms with Crippen LogP contribution in [0.2, 0.25) is 0 Å². The predicted molar refractivity (Wildman–Crippen MR) is 175 cm³/mol. The maximum absolute atomic E-state index is 9.34. The maximum atomic E-state index is 9.34. The molecular weight excluding hydrogens is 496 g/mol. The van der Waals surface area contributed by atoms with Crippen molar-refractivity contribution in [3.05, 3.63) is 145 Å². The minimum Gasteiger partial charge on any atom is -0.455 e. The zero-order valence-electron chi connectivity index (χ0n) is 29.6. The van der Waals surface area contributed by atoms with Gasteiger partial charge in [0.2, 0.25) is 0 Å². The van der Waals surface area contributed by atoms with Crippen molar-refractivity contribution < 1.29 is 15.4 Å². The molecule has 0 atom stereocenters. The second-order valence-electron chi connectivity index (χ2n) is 10.2. The molecule has 0 fully saturated rings. The second-order valence-corrected chi connectivity index (χ2v) is 10.2. The van der Waals surface area contributed by atoms with Gasteiger partial charge in [0.1, 0.15) is 11.2 Å². The van der Waals surface area contributed by atoms with Crippen molar-refractivity contribution in [2.24, 2.45) is 0 Å². The van der Waals surface area contributed by atoms with E-state index < -0.39 is 24.2 Å². The van der Waals surface area contributed by atoms with Gasteiger partial charge in [-0.1, -0.05) is 139 Å². The lowest BCUT2D eigenvalue weighted by Gasteiger charge is -2.18. The Morgan fingerprint density at radius 3 is 1.56 bits per heavy atom. The molecule has 0 unspecified atom stereocenters. The molecule has 0 radical (unpaired) electrons. The lowest BCUT2D eigenvalue weighted by atomic mass is 9.84. The minimum atomic E-state index is -0.439. The summed E-state index contributed by atoms with van der Waals surface area (Å²) in [5, 5.41) is 5.87. The van der Waals surface area contributed by atoms with Gasteiger partial charge < -0.3 is 4.42 Å². The summed E-state index contributed by atoms with van der Waals surface area (Å²) < 4.78 is 79.1. The van der Waals surface area contributed by atoms with Crippen molar-refractivity contribution >= 4 is 65.0 Å². The SMILES string of the molecule is [2H]c1c([2H])c([2H])c2c(-c3cccc4c3oc3c5ccccc5ccc43)c3c([2H])c([2H])c([2H])c([2H])c3c(-c3cccc4ccccc34)c2c1[2H]. The summed E-state index contributed by atoms with van der Waals surface area (Å²) >= 11 is 0. The Hall–Kier alpha value is -5.40. The van der Waals surface area contributed by atoms with E-state index in [0.29, 0.717) is 27.9 Å². The molecule has 1 nitrogen and oxygen atoms in total. The molecule has 0 amide bonds. The quantitative estimate of drug-likeness (QED) is 0.203. The maximum Gasteiger partial charge on any atom is 0.143 e. The molecule has 8 aromatic carbocycles. The Morgan fingerprint density at radius 2 is 0.854 bits per heavy atom. The number of para-hydroxylation sites is 1. The van der Waals surface area contributed by atoms with Crippen LogP contribution in [0.3, 0.4) is 0 Å². The van der Waals surface area contributed by atoms with E-state index in [2.05, 4.69) is 0 Å². The normalized spacial score (nSPS) is 14.6. The molecule has 9 rings (SSSR count). The highest BCUT2D eigenvalue weighted by atomic mass is 16.3. The topological polar surface area (TPSA) is 13.1 Å². The fourth-order valence-electron chi connectivity index (χ4n) is 6.33. The molecule has 0 aliphatic rings. The summed E-state index contributed by atoms with van der Waals surface area (Å²) in [7, 11) is 0. The van der Waals surface area contributed by atoms with Crippen molar-refractivity contribution in [1.29, 1.82) is 0 Å². The molecule has 0 saturated heterocycles. The fourth-order valence-corrected chi connectivity index (χ4v) is 6.33. The summed E-state index contributed by atoms with van der Waals surface area (Å²) in [6.07, 6.45) is 0. The molecule has 0 spiro atoms.